The number of nitrogens with zero attached hydrogens (tertiary/aromatic N) is 2. The molecule has 0 aromatic rings. The maximum atomic E-state index is 5.99. The first-order chi connectivity index (χ1) is 8.07. The smallest absolute Gasteiger partial charge is 0.0304 e. The third kappa shape index (κ3) is 3.67. The van der Waals surface area contributed by atoms with E-state index in [1.165, 1.54) is 45.4 Å². The summed E-state index contributed by atoms with van der Waals surface area (Å²) in [5, 5.41) is 0. The third-order valence-electron chi connectivity index (χ3n) is 4.52. The lowest BCUT2D eigenvalue weighted by atomic mass is 9.93. The summed E-state index contributed by atoms with van der Waals surface area (Å²) in [4.78, 5) is 5.22. The summed E-state index contributed by atoms with van der Waals surface area (Å²) in [6.07, 6.45) is 3.69. The molecule has 0 aromatic heterocycles. The van der Waals surface area contributed by atoms with Gasteiger partial charge in [-0.2, -0.15) is 0 Å². The van der Waals surface area contributed by atoms with Crippen molar-refractivity contribution in [1.82, 2.24) is 9.80 Å². The van der Waals surface area contributed by atoms with Gasteiger partial charge in [0.2, 0.25) is 0 Å². The average Bonchev–Trinajstić information content (AvgIpc) is 2.38. The Labute approximate surface area is 107 Å². The first kappa shape index (κ1) is 14.9. The molecule has 1 fully saturated rings. The van der Waals surface area contributed by atoms with E-state index in [0.717, 1.165) is 12.6 Å². The van der Waals surface area contributed by atoms with Crippen molar-refractivity contribution >= 4 is 0 Å². The Morgan fingerprint density at radius 1 is 1.18 bits per heavy atom. The average molecular weight is 241 g/mol. The normalized spacial score (nSPS) is 24.5. The number of nitrogens with two attached hydrogens (primary N) is 1. The Balaban J connectivity index is 2.50. The lowest BCUT2D eigenvalue weighted by Crippen LogP contribution is -2.59. The van der Waals surface area contributed by atoms with E-state index in [1.807, 2.05) is 0 Å². The molecule has 0 spiro atoms. The van der Waals surface area contributed by atoms with Gasteiger partial charge in [-0.1, -0.05) is 20.3 Å². The molecule has 17 heavy (non-hydrogen) atoms. The standard InChI is InChI=1S/C14H31N3/c1-5-7-14(4,12-15)17-10-8-16(9-11-17)13(3)6-2/h13H,5-12,15H2,1-4H3. The van der Waals surface area contributed by atoms with Crippen molar-refractivity contribution in [3.05, 3.63) is 0 Å². The molecule has 0 aromatic carbocycles. The van der Waals surface area contributed by atoms with Gasteiger partial charge < -0.3 is 5.73 Å². The Bertz CT molecular complexity index is 212. The van der Waals surface area contributed by atoms with Crippen LogP contribution in [0.4, 0.5) is 0 Å². The zero-order valence-electron chi connectivity index (χ0n) is 12.2. The van der Waals surface area contributed by atoms with Crippen molar-refractivity contribution in [2.75, 3.05) is 32.7 Å². The van der Waals surface area contributed by atoms with E-state index in [1.54, 1.807) is 0 Å². The molecule has 2 N–H and O–H groups in total. The molecule has 0 radical (unpaired) electrons. The van der Waals surface area contributed by atoms with Crippen LogP contribution in [0.1, 0.15) is 47.0 Å². The molecule has 102 valence electrons. The summed E-state index contributed by atoms with van der Waals surface area (Å²) in [5.74, 6) is 0. The summed E-state index contributed by atoms with van der Waals surface area (Å²) in [6, 6.07) is 0.729. The van der Waals surface area contributed by atoms with Crippen LogP contribution in [0.3, 0.4) is 0 Å². The van der Waals surface area contributed by atoms with Crippen molar-refractivity contribution < 1.29 is 0 Å². The van der Waals surface area contributed by atoms with E-state index in [9.17, 15) is 0 Å². The van der Waals surface area contributed by atoms with Gasteiger partial charge in [-0.05, 0) is 26.7 Å². The molecule has 2 unspecified atom stereocenters. The van der Waals surface area contributed by atoms with Gasteiger partial charge in [-0.15, -0.1) is 0 Å². The molecule has 0 bridgehead atoms. The van der Waals surface area contributed by atoms with E-state index in [2.05, 4.69) is 37.5 Å². The highest BCUT2D eigenvalue weighted by Crippen LogP contribution is 2.22. The minimum atomic E-state index is 0.219. The van der Waals surface area contributed by atoms with Gasteiger partial charge in [0.1, 0.15) is 0 Å². The lowest BCUT2D eigenvalue weighted by Gasteiger charge is -2.46. The lowest BCUT2D eigenvalue weighted by molar-refractivity contribution is 0.0270. The minimum absolute atomic E-state index is 0.219. The second-order valence-electron chi connectivity index (χ2n) is 5.73. The summed E-state index contributed by atoms with van der Waals surface area (Å²) >= 11 is 0. The molecule has 1 rings (SSSR count). The topological polar surface area (TPSA) is 32.5 Å². The minimum Gasteiger partial charge on any atom is -0.329 e. The Hall–Kier alpha value is -0.120. The van der Waals surface area contributed by atoms with Crippen LogP contribution in [0, 0.1) is 0 Å². The van der Waals surface area contributed by atoms with Crippen LogP contribution in [0.5, 0.6) is 0 Å². The SMILES string of the molecule is CCCC(C)(CN)N1CCN(C(C)CC)CC1. The van der Waals surface area contributed by atoms with Gasteiger partial charge in [0, 0.05) is 44.3 Å². The van der Waals surface area contributed by atoms with Gasteiger partial charge in [0.05, 0.1) is 0 Å². The van der Waals surface area contributed by atoms with Crippen LogP contribution in [0.2, 0.25) is 0 Å². The van der Waals surface area contributed by atoms with Crippen molar-refractivity contribution in [1.29, 1.82) is 0 Å². The maximum Gasteiger partial charge on any atom is 0.0304 e. The van der Waals surface area contributed by atoms with E-state index >= 15 is 0 Å². The maximum absolute atomic E-state index is 5.99. The monoisotopic (exact) mass is 241 g/mol. The highest BCUT2D eigenvalue weighted by atomic mass is 15.3. The quantitative estimate of drug-likeness (QED) is 0.771. The first-order valence-electron chi connectivity index (χ1n) is 7.26. The molecular formula is C14H31N3. The molecule has 1 aliphatic heterocycles. The predicted molar refractivity (Wildman–Crippen MR) is 75.3 cm³/mol. The van der Waals surface area contributed by atoms with E-state index in [-0.39, 0.29) is 5.54 Å². The van der Waals surface area contributed by atoms with Gasteiger partial charge >= 0.3 is 0 Å². The molecule has 1 aliphatic rings. The van der Waals surface area contributed by atoms with Crippen LogP contribution < -0.4 is 5.73 Å². The molecule has 0 saturated carbocycles. The predicted octanol–water partition coefficient (Wildman–Crippen LogP) is 1.92. The zero-order valence-corrected chi connectivity index (χ0v) is 12.2. The molecule has 0 amide bonds. The number of piperazine rings is 1. The van der Waals surface area contributed by atoms with Crippen LogP contribution in [0.25, 0.3) is 0 Å². The molecule has 0 aliphatic carbocycles. The zero-order chi connectivity index (χ0) is 12.9. The van der Waals surface area contributed by atoms with Gasteiger partial charge in [-0.25, -0.2) is 0 Å². The van der Waals surface area contributed by atoms with Crippen molar-refractivity contribution in [2.45, 2.75) is 58.5 Å². The van der Waals surface area contributed by atoms with Crippen molar-refractivity contribution in [2.24, 2.45) is 5.73 Å². The van der Waals surface area contributed by atoms with E-state index < -0.39 is 0 Å². The summed E-state index contributed by atoms with van der Waals surface area (Å²) < 4.78 is 0. The number of rotatable bonds is 6. The fourth-order valence-corrected chi connectivity index (χ4v) is 2.89. The Morgan fingerprint density at radius 2 is 1.76 bits per heavy atom. The largest absolute Gasteiger partial charge is 0.329 e. The molecule has 1 heterocycles. The van der Waals surface area contributed by atoms with Crippen LogP contribution in [0.15, 0.2) is 0 Å². The number of hydrogen-bond acceptors (Lipinski definition) is 3. The number of hydrogen-bond donors (Lipinski definition) is 1. The second kappa shape index (κ2) is 6.72. The van der Waals surface area contributed by atoms with Gasteiger partial charge in [0.25, 0.3) is 0 Å². The second-order valence-corrected chi connectivity index (χ2v) is 5.73. The van der Waals surface area contributed by atoms with Crippen LogP contribution in [-0.4, -0.2) is 54.1 Å². The highest BCUT2D eigenvalue weighted by Gasteiger charge is 2.32. The fraction of sp³-hybridized carbons (Fsp3) is 1.00. The molecule has 3 heteroatoms. The van der Waals surface area contributed by atoms with Gasteiger partial charge in [0.15, 0.2) is 0 Å². The van der Waals surface area contributed by atoms with Crippen LogP contribution >= 0.6 is 0 Å². The molecular weight excluding hydrogens is 210 g/mol. The summed E-state index contributed by atoms with van der Waals surface area (Å²) in [7, 11) is 0. The van der Waals surface area contributed by atoms with E-state index in [0.29, 0.717) is 0 Å². The van der Waals surface area contributed by atoms with Crippen LogP contribution in [-0.2, 0) is 0 Å². The summed E-state index contributed by atoms with van der Waals surface area (Å²) in [6.45, 7) is 14.7. The fourth-order valence-electron chi connectivity index (χ4n) is 2.89. The molecule has 2 atom stereocenters. The Kier molecular flexibility index (Phi) is 5.90. The van der Waals surface area contributed by atoms with E-state index in [4.69, 9.17) is 5.73 Å². The van der Waals surface area contributed by atoms with Gasteiger partial charge in [-0.3, -0.25) is 9.80 Å². The molecule has 1 saturated heterocycles. The Morgan fingerprint density at radius 3 is 2.18 bits per heavy atom. The summed E-state index contributed by atoms with van der Waals surface area (Å²) in [5.41, 5.74) is 6.21. The molecule has 3 nitrogen and oxygen atoms in total. The van der Waals surface area contributed by atoms with Crippen molar-refractivity contribution in [3.8, 4) is 0 Å². The van der Waals surface area contributed by atoms with Crippen molar-refractivity contribution in [3.63, 3.8) is 0 Å². The highest BCUT2D eigenvalue weighted by molar-refractivity contribution is 4.90. The third-order valence-corrected chi connectivity index (χ3v) is 4.52. The first-order valence-corrected chi connectivity index (χ1v) is 7.26.